The Morgan fingerprint density at radius 1 is 1.17 bits per heavy atom. The highest BCUT2D eigenvalue weighted by Gasteiger charge is 2.16. The Morgan fingerprint density at radius 3 is 2.57 bits per heavy atom. The summed E-state index contributed by atoms with van der Waals surface area (Å²) >= 11 is 0. The van der Waals surface area contributed by atoms with Crippen LogP contribution >= 0.6 is 0 Å². The van der Waals surface area contributed by atoms with E-state index in [4.69, 9.17) is 5.73 Å². The van der Waals surface area contributed by atoms with Crippen molar-refractivity contribution in [3.05, 3.63) is 76.6 Å². The topological polar surface area (TPSA) is 47.5 Å². The van der Waals surface area contributed by atoms with E-state index in [1.165, 1.54) is 22.4 Å². The largest absolute Gasteiger partial charge is 0.330 e. The van der Waals surface area contributed by atoms with Gasteiger partial charge in [-0.25, -0.2) is 0 Å². The third-order valence-corrected chi connectivity index (χ3v) is 4.46. The summed E-state index contributed by atoms with van der Waals surface area (Å²) in [5.41, 5.74) is 12.7. The van der Waals surface area contributed by atoms with Gasteiger partial charge in [0.1, 0.15) is 0 Å². The number of hydrogen-bond donors (Lipinski definition) is 1. The van der Waals surface area contributed by atoms with Gasteiger partial charge in [-0.05, 0) is 55.6 Å². The first-order chi connectivity index (χ1) is 11.1. The van der Waals surface area contributed by atoms with Crippen molar-refractivity contribution in [1.29, 1.82) is 0 Å². The summed E-state index contributed by atoms with van der Waals surface area (Å²) in [6.07, 6.45) is 3.71. The van der Waals surface area contributed by atoms with E-state index in [2.05, 4.69) is 35.6 Å². The molecule has 3 aromatic rings. The smallest absolute Gasteiger partial charge is 0.159 e. The number of nitrogens with zero attached hydrogens (tertiary/aromatic N) is 1. The highest BCUT2D eigenvalue weighted by Crippen LogP contribution is 2.26. The number of carbonyl (C=O) groups is 1. The fourth-order valence-corrected chi connectivity index (χ4v) is 3.20. The Hall–Kier alpha value is -2.39. The molecule has 0 atom stereocenters. The van der Waals surface area contributed by atoms with Gasteiger partial charge in [0.05, 0.1) is 0 Å². The molecule has 118 valence electrons. The van der Waals surface area contributed by atoms with Crippen LogP contribution in [0.15, 0.2) is 48.7 Å². The lowest BCUT2D eigenvalue weighted by molar-refractivity contribution is 0.101. The average molecular weight is 306 g/mol. The number of fused-ring (bicyclic) bond motifs is 1. The minimum absolute atomic E-state index is 0.0923. The van der Waals surface area contributed by atoms with E-state index >= 15 is 0 Å². The molecule has 0 aliphatic rings. The molecule has 3 rings (SSSR count). The molecule has 0 aliphatic heterocycles. The van der Waals surface area contributed by atoms with Gasteiger partial charge in [-0.2, -0.15) is 0 Å². The molecule has 0 radical (unpaired) electrons. The van der Waals surface area contributed by atoms with Crippen LogP contribution in [0.2, 0.25) is 0 Å². The van der Waals surface area contributed by atoms with Crippen molar-refractivity contribution in [2.24, 2.45) is 5.73 Å². The van der Waals surface area contributed by atoms with E-state index in [-0.39, 0.29) is 5.78 Å². The molecule has 0 bridgehead atoms. The molecular formula is C20H22N2O. The van der Waals surface area contributed by atoms with Gasteiger partial charge < -0.3 is 10.1 Å². The predicted molar refractivity (Wildman–Crippen MR) is 94.1 cm³/mol. The second-order valence-corrected chi connectivity index (χ2v) is 5.98. The fourth-order valence-electron chi connectivity index (χ4n) is 3.20. The molecule has 0 saturated heterocycles. The van der Waals surface area contributed by atoms with Crippen LogP contribution < -0.4 is 5.73 Å². The number of hydrogen-bond acceptors (Lipinski definition) is 2. The van der Waals surface area contributed by atoms with E-state index in [1.54, 1.807) is 6.92 Å². The molecule has 0 unspecified atom stereocenters. The van der Waals surface area contributed by atoms with Crippen LogP contribution in [0, 0.1) is 6.92 Å². The van der Waals surface area contributed by atoms with Crippen LogP contribution in [-0.2, 0) is 12.8 Å². The van der Waals surface area contributed by atoms with Gasteiger partial charge in [0.25, 0.3) is 0 Å². The number of pyridine rings is 1. The van der Waals surface area contributed by atoms with Crippen molar-refractivity contribution in [2.75, 3.05) is 6.54 Å². The van der Waals surface area contributed by atoms with Gasteiger partial charge in [-0.15, -0.1) is 0 Å². The minimum atomic E-state index is 0.0923. The van der Waals surface area contributed by atoms with Gasteiger partial charge in [0.2, 0.25) is 0 Å². The molecule has 1 aromatic carbocycles. The summed E-state index contributed by atoms with van der Waals surface area (Å²) in [5, 5.41) is 0. The van der Waals surface area contributed by atoms with E-state index in [1.807, 2.05) is 24.4 Å². The summed E-state index contributed by atoms with van der Waals surface area (Å²) in [6, 6.07) is 14.3. The normalized spacial score (nSPS) is 11.1. The number of Topliss-reactive ketones (excluding diaryl/α,β-unsaturated/α-hetero) is 1. The Labute approximate surface area is 136 Å². The molecule has 0 saturated carbocycles. The lowest BCUT2D eigenvalue weighted by Gasteiger charge is -2.06. The van der Waals surface area contributed by atoms with Crippen molar-refractivity contribution in [3.63, 3.8) is 0 Å². The standard InChI is InChI=1S/C20H22N2O/c1-14-18(8-10-21)20-13-17(15(2)23)9-11-22(20)19(14)12-16-6-4-3-5-7-16/h3-7,9,11,13H,8,10,12,21H2,1-2H3. The van der Waals surface area contributed by atoms with E-state index in [0.717, 1.165) is 23.9 Å². The van der Waals surface area contributed by atoms with Crippen LogP contribution in [0.25, 0.3) is 5.52 Å². The maximum Gasteiger partial charge on any atom is 0.159 e. The predicted octanol–water partition coefficient (Wildman–Crippen LogP) is 3.54. The average Bonchev–Trinajstić information content (AvgIpc) is 2.81. The zero-order valence-corrected chi connectivity index (χ0v) is 13.7. The zero-order chi connectivity index (χ0) is 16.4. The number of nitrogens with two attached hydrogens (primary N) is 1. The molecular weight excluding hydrogens is 284 g/mol. The summed E-state index contributed by atoms with van der Waals surface area (Å²) in [7, 11) is 0. The molecule has 2 heterocycles. The van der Waals surface area contributed by atoms with Gasteiger partial charge in [0, 0.05) is 29.4 Å². The van der Waals surface area contributed by atoms with Crippen LogP contribution in [0.5, 0.6) is 0 Å². The lowest BCUT2D eigenvalue weighted by atomic mass is 10.0. The van der Waals surface area contributed by atoms with Crippen molar-refractivity contribution in [2.45, 2.75) is 26.7 Å². The zero-order valence-electron chi connectivity index (χ0n) is 13.7. The minimum Gasteiger partial charge on any atom is -0.330 e. The fraction of sp³-hybridized carbons (Fsp3) is 0.250. The molecule has 0 amide bonds. The van der Waals surface area contributed by atoms with Crippen molar-refractivity contribution in [1.82, 2.24) is 4.40 Å². The Balaban J connectivity index is 2.17. The second kappa shape index (κ2) is 6.39. The van der Waals surface area contributed by atoms with Crippen molar-refractivity contribution >= 4 is 11.3 Å². The summed E-state index contributed by atoms with van der Waals surface area (Å²) in [6.45, 7) is 4.37. The Morgan fingerprint density at radius 2 is 1.91 bits per heavy atom. The van der Waals surface area contributed by atoms with Crippen LogP contribution in [-0.4, -0.2) is 16.7 Å². The number of benzene rings is 1. The Bertz CT molecular complexity index is 847. The number of carbonyl (C=O) groups excluding carboxylic acids is 1. The van der Waals surface area contributed by atoms with Crippen LogP contribution in [0.4, 0.5) is 0 Å². The molecule has 3 nitrogen and oxygen atoms in total. The monoisotopic (exact) mass is 306 g/mol. The van der Waals surface area contributed by atoms with Crippen molar-refractivity contribution < 1.29 is 4.79 Å². The SMILES string of the molecule is CC(=O)c1ccn2c(Cc3ccccc3)c(C)c(CCN)c2c1. The Kier molecular flexibility index (Phi) is 4.30. The molecule has 0 spiro atoms. The number of ketones is 1. The maximum absolute atomic E-state index is 11.7. The molecule has 0 aliphatic carbocycles. The highest BCUT2D eigenvalue weighted by molar-refractivity contribution is 5.95. The number of aromatic nitrogens is 1. The third-order valence-electron chi connectivity index (χ3n) is 4.46. The lowest BCUT2D eigenvalue weighted by Crippen LogP contribution is -2.03. The van der Waals surface area contributed by atoms with Gasteiger partial charge in [0.15, 0.2) is 5.78 Å². The third kappa shape index (κ3) is 2.92. The molecule has 3 heteroatoms. The molecule has 2 aromatic heterocycles. The van der Waals surface area contributed by atoms with Crippen LogP contribution in [0.1, 0.15) is 39.7 Å². The molecule has 23 heavy (non-hydrogen) atoms. The van der Waals surface area contributed by atoms with Gasteiger partial charge in [-0.1, -0.05) is 30.3 Å². The van der Waals surface area contributed by atoms with E-state index < -0.39 is 0 Å². The van der Waals surface area contributed by atoms with Crippen molar-refractivity contribution in [3.8, 4) is 0 Å². The summed E-state index contributed by atoms with van der Waals surface area (Å²) in [4.78, 5) is 11.7. The summed E-state index contributed by atoms with van der Waals surface area (Å²) < 4.78 is 2.21. The quantitative estimate of drug-likeness (QED) is 0.733. The first-order valence-corrected chi connectivity index (χ1v) is 7.99. The summed E-state index contributed by atoms with van der Waals surface area (Å²) in [5.74, 6) is 0.0923. The maximum atomic E-state index is 11.7. The first kappa shape index (κ1) is 15.5. The van der Waals surface area contributed by atoms with Gasteiger partial charge >= 0.3 is 0 Å². The van der Waals surface area contributed by atoms with E-state index in [0.29, 0.717) is 6.54 Å². The second-order valence-electron chi connectivity index (χ2n) is 5.98. The first-order valence-electron chi connectivity index (χ1n) is 7.99. The molecule has 0 fully saturated rings. The number of rotatable bonds is 5. The molecule has 2 N–H and O–H groups in total. The van der Waals surface area contributed by atoms with Crippen LogP contribution in [0.3, 0.4) is 0 Å². The van der Waals surface area contributed by atoms with E-state index in [9.17, 15) is 4.79 Å². The van der Waals surface area contributed by atoms with Gasteiger partial charge in [-0.3, -0.25) is 4.79 Å². The highest BCUT2D eigenvalue weighted by atomic mass is 16.1.